The quantitative estimate of drug-likeness (QED) is 0.622. The average molecular weight is 151 g/mol. The Hall–Kier alpha value is -0.850. The van der Waals surface area contributed by atoms with Crippen LogP contribution in [-0.4, -0.2) is 0 Å². The Morgan fingerprint density at radius 2 is 1.91 bits per heavy atom. The van der Waals surface area contributed by atoms with Crippen molar-refractivity contribution in [1.29, 1.82) is 0 Å². The fourth-order valence-corrected chi connectivity index (χ4v) is 0.910. The molecule has 0 amide bonds. The van der Waals surface area contributed by atoms with Crippen LogP contribution in [0.5, 0.6) is 0 Å². The maximum Gasteiger partial charge on any atom is 0.123 e. The van der Waals surface area contributed by atoms with Crippen LogP contribution in [0.4, 0.5) is 4.39 Å². The number of hydrogen-bond acceptors (Lipinski definition) is 0. The highest BCUT2D eigenvalue weighted by Gasteiger charge is 1.92. The number of halogens is 1. The summed E-state index contributed by atoms with van der Waals surface area (Å²) in [7, 11) is 0. The molecule has 0 aliphatic carbocycles. The van der Waals surface area contributed by atoms with Gasteiger partial charge in [0.05, 0.1) is 0 Å². The zero-order valence-corrected chi connectivity index (χ0v) is 6.68. The molecule has 1 aromatic carbocycles. The van der Waals surface area contributed by atoms with Crippen LogP contribution in [0, 0.1) is 12.2 Å². The van der Waals surface area contributed by atoms with E-state index in [4.69, 9.17) is 0 Å². The summed E-state index contributed by atoms with van der Waals surface area (Å²) in [6.45, 7) is 2.13. The molecule has 0 aromatic heterocycles. The first-order valence-corrected chi connectivity index (χ1v) is 3.91. The highest BCUT2D eigenvalue weighted by Crippen LogP contribution is 2.08. The third-order valence-electron chi connectivity index (χ3n) is 1.54. The van der Waals surface area contributed by atoms with Gasteiger partial charge in [-0.3, -0.25) is 0 Å². The van der Waals surface area contributed by atoms with E-state index in [2.05, 4.69) is 13.3 Å². The van der Waals surface area contributed by atoms with Crippen molar-refractivity contribution in [3.05, 3.63) is 42.1 Å². The van der Waals surface area contributed by atoms with Crippen molar-refractivity contribution in [2.45, 2.75) is 19.8 Å². The normalized spacial score (nSPS) is 10.0. The lowest BCUT2D eigenvalue weighted by Gasteiger charge is -1.97. The van der Waals surface area contributed by atoms with E-state index >= 15 is 0 Å². The second kappa shape index (κ2) is 4.12. The molecule has 0 N–H and O–H groups in total. The summed E-state index contributed by atoms with van der Waals surface area (Å²) in [5, 5.41) is 0. The predicted molar refractivity (Wildman–Crippen MR) is 44.7 cm³/mol. The Bertz CT molecular complexity index is 201. The molecule has 11 heavy (non-hydrogen) atoms. The third kappa shape index (κ3) is 2.71. The third-order valence-corrected chi connectivity index (χ3v) is 1.54. The van der Waals surface area contributed by atoms with Crippen LogP contribution in [0.2, 0.25) is 0 Å². The topological polar surface area (TPSA) is 0 Å². The van der Waals surface area contributed by atoms with Crippen molar-refractivity contribution in [3.63, 3.8) is 0 Å². The molecular formula is C10H12F. The van der Waals surface area contributed by atoms with Gasteiger partial charge in [-0.25, -0.2) is 4.39 Å². The lowest BCUT2D eigenvalue weighted by molar-refractivity contribution is 0.627. The first-order chi connectivity index (χ1) is 5.33. The summed E-state index contributed by atoms with van der Waals surface area (Å²) in [5.41, 5.74) is 1.10. The van der Waals surface area contributed by atoms with Crippen molar-refractivity contribution in [2.24, 2.45) is 0 Å². The molecule has 1 radical (unpaired) electrons. The van der Waals surface area contributed by atoms with Crippen molar-refractivity contribution in [1.82, 2.24) is 0 Å². The molecule has 0 atom stereocenters. The number of hydrogen-bond donors (Lipinski definition) is 0. The minimum Gasteiger partial charge on any atom is -0.207 e. The summed E-state index contributed by atoms with van der Waals surface area (Å²) < 4.78 is 12.4. The molecule has 0 aliphatic heterocycles. The molecule has 0 spiro atoms. The van der Waals surface area contributed by atoms with Crippen LogP contribution in [0.3, 0.4) is 0 Å². The Morgan fingerprint density at radius 3 is 2.45 bits per heavy atom. The van der Waals surface area contributed by atoms with Crippen LogP contribution in [0.1, 0.15) is 25.3 Å². The molecule has 0 aliphatic rings. The highest BCUT2D eigenvalue weighted by atomic mass is 19.1. The Kier molecular flexibility index (Phi) is 3.09. The van der Waals surface area contributed by atoms with E-state index in [-0.39, 0.29) is 5.82 Å². The average Bonchev–Trinajstić information content (AvgIpc) is 2.04. The first-order valence-electron chi connectivity index (χ1n) is 3.91. The fraction of sp³-hybridized carbons (Fsp3) is 0.300. The molecule has 0 saturated heterocycles. The summed E-state index contributed by atoms with van der Waals surface area (Å²) in [6.07, 6.45) is 4.31. The van der Waals surface area contributed by atoms with Crippen LogP contribution >= 0.6 is 0 Å². The van der Waals surface area contributed by atoms with E-state index in [1.165, 1.54) is 12.1 Å². The van der Waals surface area contributed by atoms with Crippen molar-refractivity contribution >= 4 is 0 Å². The molecule has 0 bridgehead atoms. The molecule has 0 nitrogen and oxygen atoms in total. The van der Waals surface area contributed by atoms with Gasteiger partial charge in [0, 0.05) is 0 Å². The van der Waals surface area contributed by atoms with Crippen molar-refractivity contribution < 1.29 is 4.39 Å². The van der Waals surface area contributed by atoms with Crippen molar-refractivity contribution in [3.8, 4) is 0 Å². The van der Waals surface area contributed by atoms with Crippen LogP contribution in [0.25, 0.3) is 0 Å². The minimum atomic E-state index is -0.168. The SMILES string of the molecule is CCC[CH]c1ccc(F)cc1. The van der Waals surface area contributed by atoms with E-state index in [9.17, 15) is 4.39 Å². The summed E-state index contributed by atoms with van der Waals surface area (Å²) in [5.74, 6) is -0.168. The van der Waals surface area contributed by atoms with Gasteiger partial charge in [0.15, 0.2) is 0 Å². The zero-order valence-electron chi connectivity index (χ0n) is 6.68. The maximum atomic E-state index is 12.4. The highest BCUT2D eigenvalue weighted by molar-refractivity contribution is 5.22. The fourth-order valence-electron chi connectivity index (χ4n) is 0.910. The molecule has 59 valence electrons. The largest absolute Gasteiger partial charge is 0.207 e. The minimum absolute atomic E-state index is 0.168. The summed E-state index contributed by atoms with van der Waals surface area (Å²) in [4.78, 5) is 0. The molecule has 1 rings (SSSR count). The lowest BCUT2D eigenvalue weighted by Crippen LogP contribution is -1.81. The van der Waals surface area contributed by atoms with Crippen LogP contribution < -0.4 is 0 Å². The van der Waals surface area contributed by atoms with Crippen molar-refractivity contribution in [2.75, 3.05) is 0 Å². The molecule has 1 heteroatoms. The Morgan fingerprint density at radius 1 is 1.27 bits per heavy atom. The lowest BCUT2D eigenvalue weighted by atomic mass is 10.1. The second-order valence-electron chi connectivity index (χ2n) is 2.54. The van der Waals surface area contributed by atoms with Gasteiger partial charge in [0.1, 0.15) is 5.82 Å². The summed E-state index contributed by atoms with van der Waals surface area (Å²) >= 11 is 0. The monoisotopic (exact) mass is 151 g/mol. The van der Waals surface area contributed by atoms with Gasteiger partial charge in [-0.05, 0) is 30.5 Å². The van der Waals surface area contributed by atoms with Gasteiger partial charge in [-0.1, -0.05) is 25.5 Å². The number of rotatable bonds is 3. The maximum absolute atomic E-state index is 12.4. The molecule has 0 saturated carbocycles. The Labute approximate surface area is 67.1 Å². The van der Waals surface area contributed by atoms with Crippen LogP contribution in [-0.2, 0) is 0 Å². The number of benzene rings is 1. The second-order valence-corrected chi connectivity index (χ2v) is 2.54. The van der Waals surface area contributed by atoms with E-state index < -0.39 is 0 Å². The van der Waals surface area contributed by atoms with Gasteiger partial charge >= 0.3 is 0 Å². The van der Waals surface area contributed by atoms with E-state index in [0.717, 1.165) is 18.4 Å². The molecule has 0 fully saturated rings. The van der Waals surface area contributed by atoms with Gasteiger partial charge in [0.25, 0.3) is 0 Å². The standard InChI is InChI=1S/C10H12F/c1-2-3-4-9-5-7-10(11)8-6-9/h4-8H,2-3H2,1H3. The molecule has 0 heterocycles. The Balaban J connectivity index is 2.52. The van der Waals surface area contributed by atoms with Crippen LogP contribution in [0.15, 0.2) is 24.3 Å². The smallest absolute Gasteiger partial charge is 0.123 e. The van der Waals surface area contributed by atoms with E-state index in [1.807, 2.05) is 0 Å². The molecule has 0 unspecified atom stereocenters. The first kappa shape index (κ1) is 8.25. The van der Waals surface area contributed by atoms with E-state index in [1.54, 1.807) is 12.1 Å². The number of unbranched alkanes of at least 4 members (excludes halogenated alkanes) is 1. The van der Waals surface area contributed by atoms with Gasteiger partial charge in [-0.15, -0.1) is 0 Å². The van der Waals surface area contributed by atoms with Gasteiger partial charge in [-0.2, -0.15) is 0 Å². The predicted octanol–water partition coefficient (Wildman–Crippen LogP) is 3.18. The van der Waals surface area contributed by atoms with E-state index in [0.29, 0.717) is 0 Å². The molecular weight excluding hydrogens is 139 g/mol. The van der Waals surface area contributed by atoms with Gasteiger partial charge in [0.2, 0.25) is 0 Å². The van der Waals surface area contributed by atoms with Gasteiger partial charge < -0.3 is 0 Å². The summed E-state index contributed by atoms with van der Waals surface area (Å²) in [6, 6.07) is 6.57. The molecule has 1 aromatic rings. The zero-order chi connectivity index (χ0) is 8.10.